The van der Waals surface area contributed by atoms with Gasteiger partial charge in [-0.05, 0) is 48.7 Å². The molecule has 1 heterocycles. The Bertz CT molecular complexity index is 1320. The number of aromatic nitrogens is 2. The number of halogens is 1. The summed E-state index contributed by atoms with van der Waals surface area (Å²) in [4.78, 5) is 19.1. The minimum atomic E-state index is -0.631. The fraction of sp³-hybridized carbons (Fsp3) is 0.231. The van der Waals surface area contributed by atoms with Crippen molar-refractivity contribution in [3.05, 3.63) is 99.7 Å². The molecular weight excluding hydrogens is 423 g/mol. The van der Waals surface area contributed by atoms with E-state index < -0.39 is 11.4 Å². The Morgan fingerprint density at radius 1 is 1.00 bits per heavy atom. The van der Waals surface area contributed by atoms with Crippen LogP contribution in [0.25, 0.3) is 22.3 Å². The van der Waals surface area contributed by atoms with Crippen LogP contribution in [0.2, 0.25) is 0 Å². The van der Waals surface area contributed by atoms with Crippen molar-refractivity contribution in [2.45, 2.75) is 26.9 Å². The summed E-state index contributed by atoms with van der Waals surface area (Å²) in [5.74, 6) is 0.760. The molecule has 0 aliphatic carbocycles. The summed E-state index contributed by atoms with van der Waals surface area (Å²) < 4.78 is 21.4. The highest BCUT2D eigenvalue weighted by Crippen LogP contribution is 2.20. The topological polar surface area (TPSA) is 67.4 Å². The second-order valence-corrected chi connectivity index (χ2v) is 8.15. The molecule has 0 atom stereocenters. The SMILES string of the molecule is CC(C)CCOc1ccc(-c2c(=O)n(OCc3ccccc3F)c3ccccc3[n+]2[O-])cc1. The average molecular weight is 448 g/mol. The van der Waals surface area contributed by atoms with Gasteiger partial charge in [-0.15, -0.1) is 4.73 Å². The van der Waals surface area contributed by atoms with Gasteiger partial charge in [0.25, 0.3) is 5.69 Å². The Labute approximate surface area is 191 Å². The maximum absolute atomic E-state index is 14.1. The predicted octanol–water partition coefficient (Wildman–Crippen LogP) is 4.49. The highest BCUT2D eigenvalue weighted by molar-refractivity contribution is 5.73. The van der Waals surface area contributed by atoms with Crippen LogP contribution in [0.4, 0.5) is 4.39 Å². The van der Waals surface area contributed by atoms with Crippen molar-refractivity contribution in [3.63, 3.8) is 0 Å². The molecule has 0 saturated carbocycles. The van der Waals surface area contributed by atoms with Crippen LogP contribution < -0.4 is 19.9 Å². The van der Waals surface area contributed by atoms with Gasteiger partial charge < -0.3 is 14.8 Å². The Hall–Kier alpha value is -3.87. The molecule has 4 aromatic rings. The van der Waals surface area contributed by atoms with Crippen LogP contribution in [-0.2, 0) is 6.61 Å². The zero-order valence-electron chi connectivity index (χ0n) is 18.5. The van der Waals surface area contributed by atoms with E-state index in [2.05, 4.69) is 13.8 Å². The molecule has 0 fully saturated rings. The lowest BCUT2D eigenvalue weighted by atomic mass is 10.1. The van der Waals surface area contributed by atoms with Crippen LogP contribution in [0, 0.1) is 16.9 Å². The first-order chi connectivity index (χ1) is 16.0. The number of rotatable bonds is 8. The summed E-state index contributed by atoms with van der Waals surface area (Å²) in [6.45, 7) is 4.67. The zero-order chi connectivity index (χ0) is 23.4. The van der Waals surface area contributed by atoms with Gasteiger partial charge in [0.15, 0.2) is 5.52 Å². The number of benzene rings is 3. The predicted molar refractivity (Wildman–Crippen MR) is 124 cm³/mol. The summed E-state index contributed by atoms with van der Waals surface area (Å²) in [5.41, 5.74) is 0.575. The number of ether oxygens (including phenoxy) is 1. The molecule has 0 aliphatic heterocycles. The Balaban J connectivity index is 1.71. The summed E-state index contributed by atoms with van der Waals surface area (Å²) in [6, 6.07) is 19.6. The van der Waals surface area contributed by atoms with Crippen molar-refractivity contribution in [2.75, 3.05) is 6.61 Å². The van der Waals surface area contributed by atoms with E-state index in [0.717, 1.165) is 11.2 Å². The van der Waals surface area contributed by atoms with Gasteiger partial charge in [0.2, 0.25) is 5.52 Å². The van der Waals surface area contributed by atoms with Crippen molar-refractivity contribution in [2.24, 2.45) is 5.92 Å². The highest BCUT2D eigenvalue weighted by Gasteiger charge is 2.23. The van der Waals surface area contributed by atoms with Crippen LogP contribution in [-0.4, -0.2) is 11.3 Å². The number of hydrogen-bond donors (Lipinski definition) is 0. The first-order valence-corrected chi connectivity index (χ1v) is 10.8. The quantitative estimate of drug-likeness (QED) is 0.294. The molecule has 0 unspecified atom stereocenters. The Kier molecular flexibility index (Phi) is 6.58. The molecular formula is C26H25FN2O4. The number of hydrogen-bond acceptors (Lipinski definition) is 4. The maximum Gasteiger partial charge on any atom is 0.357 e. The van der Waals surface area contributed by atoms with E-state index in [1.165, 1.54) is 6.07 Å². The van der Waals surface area contributed by atoms with E-state index in [0.29, 0.717) is 39.6 Å². The van der Waals surface area contributed by atoms with Gasteiger partial charge in [0, 0.05) is 11.6 Å². The Morgan fingerprint density at radius 3 is 2.42 bits per heavy atom. The van der Waals surface area contributed by atoms with Crippen LogP contribution in [0.3, 0.4) is 0 Å². The van der Waals surface area contributed by atoms with Crippen molar-refractivity contribution >= 4 is 11.0 Å². The summed E-state index contributed by atoms with van der Waals surface area (Å²) in [5, 5.41) is 13.1. The normalized spacial score (nSPS) is 11.2. The molecule has 0 radical (unpaired) electrons. The van der Waals surface area contributed by atoms with Crippen LogP contribution in [0.15, 0.2) is 77.6 Å². The molecule has 4 rings (SSSR count). The van der Waals surface area contributed by atoms with E-state index in [4.69, 9.17) is 9.57 Å². The summed E-state index contributed by atoms with van der Waals surface area (Å²) >= 11 is 0. The fourth-order valence-electron chi connectivity index (χ4n) is 3.46. The molecule has 0 N–H and O–H groups in total. The van der Waals surface area contributed by atoms with Crippen LogP contribution in [0.5, 0.6) is 5.75 Å². The van der Waals surface area contributed by atoms with Crippen LogP contribution in [0.1, 0.15) is 25.8 Å². The molecule has 170 valence electrons. The van der Waals surface area contributed by atoms with E-state index in [1.54, 1.807) is 66.7 Å². The molecule has 0 aliphatic rings. The molecule has 3 aromatic carbocycles. The molecule has 0 spiro atoms. The van der Waals surface area contributed by atoms with Crippen molar-refractivity contribution in [3.8, 4) is 17.0 Å². The standard InChI is InChI=1S/C26H25FN2O4/c1-18(2)15-16-32-21-13-11-19(12-14-21)25-26(30)29(24-10-6-5-9-23(24)28(25)31)33-17-20-7-3-4-8-22(20)27/h3-14,18H,15-17H2,1-2H3. The minimum absolute atomic E-state index is 0.0871. The maximum atomic E-state index is 14.1. The third kappa shape index (κ3) is 4.82. The molecule has 0 amide bonds. The van der Waals surface area contributed by atoms with Crippen molar-refractivity contribution in [1.29, 1.82) is 0 Å². The number of fused-ring (bicyclic) bond motifs is 1. The molecule has 6 nitrogen and oxygen atoms in total. The lowest BCUT2D eigenvalue weighted by molar-refractivity contribution is -0.566. The first kappa shape index (κ1) is 22.3. The largest absolute Gasteiger partial charge is 0.618 e. The van der Waals surface area contributed by atoms with E-state index in [1.807, 2.05) is 0 Å². The van der Waals surface area contributed by atoms with Crippen molar-refractivity contribution < 1.29 is 18.7 Å². The second kappa shape index (κ2) is 9.73. The van der Waals surface area contributed by atoms with E-state index >= 15 is 0 Å². The third-order valence-electron chi connectivity index (χ3n) is 5.31. The molecule has 33 heavy (non-hydrogen) atoms. The number of nitrogens with zero attached hydrogens (tertiary/aromatic N) is 2. The van der Waals surface area contributed by atoms with Gasteiger partial charge in [0.05, 0.1) is 12.2 Å². The molecule has 7 heteroatoms. The first-order valence-electron chi connectivity index (χ1n) is 10.8. The van der Waals surface area contributed by atoms with Crippen LogP contribution >= 0.6 is 0 Å². The third-order valence-corrected chi connectivity index (χ3v) is 5.31. The van der Waals surface area contributed by atoms with Gasteiger partial charge in [-0.25, -0.2) is 4.39 Å². The zero-order valence-corrected chi connectivity index (χ0v) is 18.5. The van der Waals surface area contributed by atoms with Gasteiger partial charge in [0.1, 0.15) is 18.2 Å². The monoisotopic (exact) mass is 448 g/mol. The van der Waals surface area contributed by atoms with E-state index in [9.17, 15) is 14.4 Å². The second-order valence-electron chi connectivity index (χ2n) is 8.15. The van der Waals surface area contributed by atoms with E-state index in [-0.39, 0.29) is 17.8 Å². The van der Waals surface area contributed by atoms with Gasteiger partial charge in [-0.1, -0.05) is 44.2 Å². The fourth-order valence-corrected chi connectivity index (χ4v) is 3.46. The summed E-state index contributed by atoms with van der Waals surface area (Å²) in [7, 11) is 0. The lowest BCUT2D eigenvalue weighted by Crippen LogP contribution is -2.42. The average Bonchev–Trinajstić information content (AvgIpc) is 2.81. The summed E-state index contributed by atoms with van der Waals surface area (Å²) in [6.07, 6.45) is 0.928. The van der Waals surface area contributed by atoms with Crippen molar-refractivity contribution in [1.82, 2.24) is 4.73 Å². The molecule has 0 bridgehead atoms. The van der Waals surface area contributed by atoms with Gasteiger partial charge in [-0.3, -0.25) is 4.79 Å². The highest BCUT2D eigenvalue weighted by atomic mass is 19.1. The Morgan fingerprint density at radius 2 is 1.70 bits per heavy atom. The molecule has 0 saturated heterocycles. The smallest absolute Gasteiger partial charge is 0.357 e. The van der Waals surface area contributed by atoms with Gasteiger partial charge in [-0.2, -0.15) is 4.73 Å². The number of para-hydroxylation sites is 2. The molecule has 1 aromatic heterocycles. The lowest BCUT2D eigenvalue weighted by Gasteiger charge is -2.15. The van der Waals surface area contributed by atoms with Gasteiger partial charge >= 0.3 is 5.56 Å². The minimum Gasteiger partial charge on any atom is -0.618 e.